The molecular weight excluding hydrogens is 206 g/mol. The molecule has 1 saturated carbocycles. The van der Waals surface area contributed by atoms with Crippen molar-refractivity contribution in [2.24, 2.45) is 23.2 Å². The van der Waals surface area contributed by atoms with Gasteiger partial charge in [-0.1, -0.05) is 26.8 Å². The van der Waals surface area contributed by atoms with Crippen LogP contribution in [0.4, 0.5) is 0 Å². The van der Waals surface area contributed by atoms with Gasteiger partial charge < -0.3 is 5.32 Å². The molecule has 1 aliphatic rings. The number of allylic oxidation sites excluding steroid dienone is 1. The summed E-state index contributed by atoms with van der Waals surface area (Å²) in [6.45, 7) is 12.3. The maximum atomic E-state index is 3.87. The van der Waals surface area contributed by atoms with Gasteiger partial charge in [0.25, 0.3) is 0 Å². The zero-order chi connectivity index (χ0) is 12.9. The molecule has 1 rings (SSSR count). The minimum Gasteiger partial charge on any atom is -0.319 e. The highest BCUT2D eigenvalue weighted by molar-refractivity contribution is 4.87. The summed E-state index contributed by atoms with van der Waals surface area (Å²) in [6.07, 6.45) is 8.84. The fourth-order valence-electron chi connectivity index (χ4n) is 3.33. The Hall–Kier alpha value is -0.300. The van der Waals surface area contributed by atoms with Crippen LogP contribution in [0.3, 0.4) is 0 Å². The van der Waals surface area contributed by atoms with Gasteiger partial charge in [-0.25, -0.2) is 0 Å². The summed E-state index contributed by atoms with van der Waals surface area (Å²) in [4.78, 5) is 0. The molecular formula is C16H31N. The summed E-state index contributed by atoms with van der Waals surface area (Å²) in [5.74, 6) is 2.70. The van der Waals surface area contributed by atoms with E-state index in [1.165, 1.54) is 38.6 Å². The van der Waals surface area contributed by atoms with Crippen molar-refractivity contribution in [1.82, 2.24) is 5.32 Å². The first-order valence-corrected chi connectivity index (χ1v) is 7.24. The highest BCUT2D eigenvalue weighted by atomic mass is 14.8. The van der Waals surface area contributed by atoms with Crippen LogP contribution in [0.5, 0.6) is 0 Å². The lowest BCUT2D eigenvalue weighted by Crippen LogP contribution is -2.35. The summed E-state index contributed by atoms with van der Waals surface area (Å²) in [7, 11) is 2.08. The van der Waals surface area contributed by atoms with Gasteiger partial charge in [0.05, 0.1) is 0 Å². The third kappa shape index (κ3) is 4.46. The van der Waals surface area contributed by atoms with Crippen LogP contribution in [0.25, 0.3) is 0 Å². The molecule has 0 aromatic heterocycles. The van der Waals surface area contributed by atoms with E-state index >= 15 is 0 Å². The standard InChI is InChI=1S/C16H31N/c1-6-7-8-13-11-15(16(2,3)4)10-9-14(13)12-17-5/h6,13-15,17H,1,7-12H2,2-5H3. The first-order chi connectivity index (χ1) is 7.99. The molecule has 0 amide bonds. The highest BCUT2D eigenvalue weighted by Crippen LogP contribution is 2.44. The van der Waals surface area contributed by atoms with Gasteiger partial charge in [0.2, 0.25) is 0 Å². The smallest absolute Gasteiger partial charge is 0.00209 e. The lowest BCUT2D eigenvalue weighted by Gasteiger charge is -2.42. The Labute approximate surface area is 108 Å². The molecule has 0 radical (unpaired) electrons. The topological polar surface area (TPSA) is 12.0 Å². The van der Waals surface area contributed by atoms with Crippen LogP contribution in [0.15, 0.2) is 12.7 Å². The van der Waals surface area contributed by atoms with Crippen LogP contribution >= 0.6 is 0 Å². The molecule has 0 aromatic rings. The van der Waals surface area contributed by atoms with Crippen LogP contribution in [-0.2, 0) is 0 Å². The van der Waals surface area contributed by atoms with Crippen molar-refractivity contribution in [2.45, 2.75) is 52.9 Å². The van der Waals surface area contributed by atoms with Crippen LogP contribution < -0.4 is 5.32 Å². The summed E-state index contributed by atoms with van der Waals surface area (Å²) in [6, 6.07) is 0. The molecule has 3 atom stereocenters. The quantitative estimate of drug-likeness (QED) is 0.705. The fourth-order valence-corrected chi connectivity index (χ4v) is 3.33. The molecule has 0 bridgehead atoms. The molecule has 1 aliphatic carbocycles. The first kappa shape index (κ1) is 14.8. The average Bonchev–Trinajstić information content (AvgIpc) is 2.26. The Morgan fingerprint density at radius 2 is 1.94 bits per heavy atom. The van der Waals surface area contributed by atoms with Crippen molar-refractivity contribution in [2.75, 3.05) is 13.6 Å². The second-order valence-corrected chi connectivity index (χ2v) is 6.82. The van der Waals surface area contributed by atoms with Crippen molar-refractivity contribution in [3.05, 3.63) is 12.7 Å². The SMILES string of the molecule is C=CCCC1CC(C(C)(C)C)CCC1CNC. The number of hydrogen-bond donors (Lipinski definition) is 1. The van der Waals surface area contributed by atoms with E-state index in [1.807, 2.05) is 0 Å². The molecule has 0 spiro atoms. The van der Waals surface area contributed by atoms with E-state index in [0.29, 0.717) is 5.41 Å². The molecule has 0 aromatic carbocycles. The van der Waals surface area contributed by atoms with Gasteiger partial charge in [-0.3, -0.25) is 0 Å². The van der Waals surface area contributed by atoms with E-state index in [1.54, 1.807) is 0 Å². The van der Waals surface area contributed by atoms with Gasteiger partial charge in [-0.05, 0) is 68.9 Å². The van der Waals surface area contributed by atoms with Gasteiger partial charge in [0.15, 0.2) is 0 Å². The second kappa shape index (κ2) is 6.58. The van der Waals surface area contributed by atoms with E-state index in [2.05, 4.69) is 45.8 Å². The zero-order valence-corrected chi connectivity index (χ0v) is 12.3. The molecule has 0 heterocycles. The Morgan fingerprint density at radius 3 is 2.47 bits per heavy atom. The third-order valence-corrected chi connectivity index (χ3v) is 4.57. The third-order valence-electron chi connectivity index (χ3n) is 4.57. The van der Waals surface area contributed by atoms with Gasteiger partial charge in [0.1, 0.15) is 0 Å². The summed E-state index contributed by atoms with van der Waals surface area (Å²) in [5, 5.41) is 3.37. The molecule has 3 unspecified atom stereocenters. The summed E-state index contributed by atoms with van der Waals surface area (Å²) >= 11 is 0. The molecule has 1 N–H and O–H groups in total. The summed E-state index contributed by atoms with van der Waals surface area (Å²) in [5.41, 5.74) is 0.483. The van der Waals surface area contributed by atoms with E-state index in [9.17, 15) is 0 Å². The molecule has 0 aliphatic heterocycles. The molecule has 1 nitrogen and oxygen atoms in total. The first-order valence-electron chi connectivity index (χ1n) is 7.24. The monoisotopic (exact) mass is 237 g/mol. The van der Waals surface area contributed by atoms with E-state index in [0.717, 1.165) is 17.8 Å². The predicted octanol–water partition coefficient (Wildman–Crippen LogP) is 4.25. The van der Waals surface area contributed by atoms with Crippen molar-refractivity contribution in [1.29, 1.82) is 0 Å². The summed E-state index contributed by atoms with van der Waals surface area (Å²) < 4.78 is 0. The van der Waals surface area contributed by atoms with Crippen molar-refractivity contribution >= 4 is 0 Å². The molecule has 17 heavy (non-hydrogen) atoms. The number of rotatable bonds is 5. The van der Waals surface area contributed by atoms with Crippen molar-refractivity contribution in [3.8, 4) is 0 Å². The Bertz CT molecular complexity index is 226. The van der Waals surface area contributed by atoms with Gasteiger partial charge in [-0.15, -0.1) is 6.58 Å². The molecule has 1 heteroatoms. The highest BCUT2D eigenvalue weighted by Gasteiger charge is 2.34. The van der Waals surface area contributed by atoms with E-state index in [4.69, 9.17) is 0 Å². The van der Waals surface area contributed by atoms with Gasteiger partial charge >= 0.3 is 0 Å². The molecule has 1 fully saturated rings. The Kier molecular flexibility index (Phi) is 5.72. The fraction of sp³-hybridized carbons (Fsp3) is 0.875. The molecule has 100 valence electrons. The maximum Gasteiger partial charge on any atom is -0.00209 e. The Morgan fingerprint density at radius 1 is 1.24 bits per heavy atom. The maximum absolute atomic E-state index is 3.87. The van der Waals surface area contributed by atoms with Crippen molar-refractivity contribution in [3.63, 3.8) is 0 Å². The zero-order valence-electron chi connectivity index (χ0n) is 12.3. The van der Waals surface area contributed by atoms with Crippen LogP contribution in [0, 0.1) is 23.2 Å². The van der Waals surface area contributed by atoms with Crippen LogP contribution in [0.1, 0.15) is 52.9 Å². The predicted molar refractivity (Wildman–Crippen MR) is 77.1 cm³/mol. The van der Waals surface area contributed by atoms with E-state index < -0.39 is 0 Å². The minimum atomic E-state index is 0.483. The van der Waals surface area contributed by atoms with Crippen molar-refractivity contribution < 1.29 is 0 Å². The van der Waals surface area contributed by atoms with Gasteiger partial charge in [-0.2, -0.15) is 0 Å². The minimum absolute atomic E-state index is 0.483. The molecule has 0 saturated heterocycles. The normalized spacial score (nSPS) is 30.2. The lowest BCUT2D eigenvalue weighted by atomic mass is 9.64. The number of nitrogens with one attached hydrogen (secondary N) is 1. The number of hydrogen-bond acceptors (Lipinski definition) is 1. The second-order valence-electron chi connectivity index (χ2n) is 6.82. The average molecular weight is 237 g/mol. The van der Waals surface area contributed by atoms with Gasteiger partial charge in [0, 0.05) is 0 Å². The van der Waals surface area contributed by atoms with Crippen LogP contribution in [-0.4, -0.2) is 13.6 Å². The lowest BCUT2D eigenvalue weighted by molar-refractivity contribution is 0.0940. The largest absolute Gasteiger partial charge is 0.319 e. The van der Waals surface area contributed by atoms with E-state index in [-0.39, 0.29) is 0 Å². The van der Waals surface area contributed by atoms with Crippen LogP contribution in [0.2, 0.25) is 0 Å². The Balaban J connectivity index is 2.59.